The van der Waals surface area contributed by atoms with Crippen LogP contribution >= 0.6 is 0 Å². The Hall–Kier alpha value is -2.69. The lowest BCUT2D eigenvalue weighted by molar-refractivity contribution is -0.124. The third-order valence-electron chi connectivity index (χ3n) is 4.33. The molecule has 5 heteroatoms. The molecule has 1 atom stereocenters. The molecule has 1 N–H and O–H groups in total. The minimum atomic E-state index is -0.549. The molecule has 1 aliphatic heterocycles. The molecule has 0 bridgehead atoms. The van der Waals surface area contributed by atoms with Crippen LogP contribution in [0.1, 0.15) is 24.0 Å². The van der Waals surface area contributed by atoms with Crippen LogP contribution in [0.2, 0.25) is 0 Å². The Morgan fingerprint density at radius 1 is 1.21 bits per heavy atom. The maximum atomic E-state index is 13.1. The average molecular weight is 326 g/mol. The molecule has 4 nitrogen and oxygen atoms in total. The zero-order valence-electron chi connectivity index (χ0n) is 13.5. The molecule has 0 aliphatic carbocycles. The van der Waals surface area contributed by atoms with Gasteiger partial charge in [0.15, 0.2) is 0 Å². The van der Waals surface area contributed by atoms with Crippen molar-refractivity contribution in [2.45, 2.75) is 32.4 Å². The van der Waals surface area contributed by atoms with Gasteiger partial charge in [0.25, 0.3) is 0 Å². The van der Waals surface area contributed by atoms with Gasteiger partial charge < -0.3 is 5.32 Å². The average Bonchev–Trinajstić information content (AvgIpc) is 2.96. The Kier molecular flexibility index (Phi) is 4.60. The molecule has 0 radical (unpaired) electrons. The minimum absolute atomic E-state index is 0.113. The molecule has 1 saturated heterocycles. The zero-order chi connectivity index (χ0) is 17.1. The largest absolute Gasteiger partial charge is 0.350 e. The second-order valence-corrected chi connectivity index (χ2v) is 5.94. The molecule has 1 heterocycles. The summed E-state index contributed by atoms with van der Waals surface area (Å²) < 4.78 is 13.1. The van der Waals surface area contributed by atoms with E-state index in [9.17, 15) is 14.0 Å². The standard InChI is InChI=1S/C19H19FN2O2/c1-13-4-2-3-5-14(13)12-21-19(24)17-10-11-18(23)22(17)16-8-6-15(20)7-9-16/h2-9,17H,10-12H2,1H3,(H,21,24). The number of aryl methyl sites for hydroxylation is 1. The Balaban J connectivity index is 1.72. The van der Waals surface area contributed by atoms with E-state index >= 15 is 0 Å². The van der Waals surface area contributed by atoms with Gasteiger partial charge in [0, 0.05) is 18.7 Å². The Labute approximate surface area is 140 Å². The van der Waals surface area contributed by atoms with E-state index in [1.54, 1.807) is 0 Å². The summed E-state index contributed by atoms with van der Waals surface area (Å²) in [6.07, 6.45) is 0.787. The molecule has 24 heavy (non-hydrogen) atoms. The van der Waals surface area contributed by atoms with Crippen LogP contribution < -0.4 is 10.2 Å². The van der Waals surface area contributed by atoms with E-state index in [1.807, 2.05) is 31.2 Å². The molecule has 0 spiro atoms. The number of benzene rings is 2. The SMILES string of the molecule is Cc1ccccc1CNC(=O)C1CCC(=O)N1c1ccc(F)cc1. The van der Waals surface area contributed by atoms with Gasteiger partial charge >= 0.3 is 0 Å². The van der Waals surface area contributed by atoms with Gasteiger partial charge in [-0.2, -0.15) is 0 Å². The first-order valence-electron chi connectivity index (χ1n) is 7.96. The van der Waals surface area contributed by atoms with E-state index in [-0.39, 0.29) is 17.6 Å². The number of anilines is 1. The Morgan fingerprint density at radius 2 is 1.92 bits per heavy atom. The summed E-state index contributed by atoms with van der Waals surface area (Å²) in [6.45, 7) is 2.42. The van der Waals surface area contributed by atoms with Crippen molar-refractivity contribution in [3.8, 4) is 0 Å². The lowest BCUT2D eigenvalue weighted by Gasteiger charge is -2.24. The van der Waals surface area contributed by atoms with Crippen molar-refractivity contribution in [1.29, 1.82) is 0 Å². The number of carbonyl (C=O) groups excluding carboxylic acids is 2. The van der Waals surface area contributed by atoms with Crippen LogP contribution in [-0.4, -0.2) is 17.9 Å². The molecule has 124 valence electrons. The van der Waals surface area contributed by atoms with Gasteiger partial charge in [-0.15, -0.1) is 0 Å². The van der Waals surface area contributed by atoms with Gasteiger partial charge in [0.1, 0.15) is 11.9 Å². The minimum Gasteiger partial charge on any atom is -0.350 e. The summed E-state index contributed by atoms with van der Waals surface area (Å²) in [6, 6.07) is 12.9. The van der Waals surface area contributed by atoms with Crippen LogP contribution in [0.4, 0.5) is 10.1 Å². The summed E-state index contributed by atoms with van der Waals surface area (Å²) in [7, 11) is 0. The van der Waals surface area contributed by atoms with Crippen molar-refractivity contribution < 1.29 is 14.0 Å². The fourth-order valence-electron chi connectivity index (χ4n) is 2.97. The van der Waals surface area contributed by atoms with Crippen molar-refractivity contribution in [2.75, 3.05) is 4.90 Å². The maximum Gasteiger partial charge on any atom is 0.243 e. The van der Waals surface area contributed by atoms with Crippen molar-refractivity contribution in [1.82, 2.24) is 5.32 Å². The molecule has 3 rings (SSSR count). The van der Waals surface area contributed by atoms with Gasteiger partial charge in [-0.1, -0.05) is 24.3 Å². The van der Waals surface area contributed by atoms with Crippen LogP contribution in [0.5, 0.6) is 0 Å². The van der Waals surface area contributed by atoms with E-state index < -0.39 is 6.04 Å². The van der Waals surface area contributed by atoms with Gasteiger partial charge in [-0.05, 0) is 48.7 Å². The molecule has 1 fully saturated rings. The molecule has 2 amide bonds. The zero-order valence-corrected chi connectivity index (χ0v) is 13.5. The molecule has 0 saturated carbocycles. The topological polar surface area (TPSA) is 49.4 Å². The molecule has 2 aromatic carbocycles. The van der Waals surface area contributed by atoms with Gasteiger partial charge in [-0.25, -0.2) is 4.39 Å². The Bertz CT molecular complexity index is 758. The van der Waals surface area contributed by atoms with Gasteiger partial charge in [0.05, 0.1) is 0 Å². The first kappa shape index (κ1) is 16.2. The monoisotopic (exact) mass is 326 g/mol. The smallest absolute Gasteiger partial charge is 0.243 e. The highest BCUT2D eigenvalue weighted by Crippen LogP contribution is 2.27. The van der Waals surface area contributed by atoms with Crippen LogP contribution in [-0.2, 0) is 16.1 Å². The van der Waals surface area contributed by atoms with E-state index in [0.717, 1.165) is 11.1 Å². The number of nitrogens with zero attached hydrogens (tertiary/aromatic N) is 1. The number of carbonyl (C=O) groups is 2. The fourth-order valence-corrected chi connectivity index (χ4v) is 2.97. The lowest BCUT2D eigenvalue weighted by Crippen LogP contribution is -2.44. The third-order valence-corrected chi connectivity index (χ3v) is 4.33. The second kappa shape index (κ2) is 6.83. The summed E-state index contributed by atoms with van der Waals surface area (Å²) >= 11 is 0. The van der Waals surface area contributed by atoms with E-state index in [4.69, 9.17) is 0 Å². The molecule has 1 unspecified atom stereocenters. The van der Waals surface area contributed by atoms with Crippen molar-refractivity contribution in [3.05, 3.63) is 65.5 Å². The summed E-state index contributed by atoms with van der Waals surface area (Å²) in [4.78, 5) is 26.2. The first-order valence-corrected chi connectivity index (χ1v) is 7.96. The van der Waals surface area contributed by atoms with E-state index in [0.29, 0.717) is 25.1 Å². The van der Waals surface area contributed by atoms with Crippen molar-refractivity contribution >= 4 is 17.5 Å². The summed E-state index contributed by atoms with van der Waals surface area (Å²) in [5.74, 6) is -0.669. The quantitative estimate of drug-likeness (QED) is 0.939. The molecular weight excluding hydrogens is 307 g/mol. The molecule has 1 aliphatic rings. The predicted molar refractivity (Wildman–Crippen MR) is 89.9 cm³/mol. The second-order valence-electron chi connectivity index (χ2n) is 5.94. The van der Waals surface area contributed by atoms with Crippen LogP contribution in [0, 0.1) is 12.7 Å². The highest BCUT2D eigenvalue weighted by molar-refractivity contribution is 6.03. The Morgan fingerprint density at radius 3 is 2.62 bits per heavy atom. The van der Waals surface area contributed by atoms with Gasteiger partial charge in [0.2, 0.25) is 11.8 Å². The normalized spacial score (nSPS) is 17.2. The number of halogens is 1. The summed E-state index contributed by atoms with van der Waals surface area (Å²) in [5, 5.41) is 2.91. The number of hydrogen-bond acceptors (Lipinski definition) is 2. The first-order chi connectivity index (χ1) is 11.6. The number of nitrogens with one attached hydrogen (secondary N) is 1. The van der Waals surface area contributed by atoms with Crippen LogP contribution in [0.25, 0.3) is 0 Å². The molecule has 2 aromatic rings. The lowest BCUT2D eigenvalue weighted by atomic mass is 10.1. The maximum absolute atomic E-state index is 13.1. The van der Waals surface area contributed by atoms with E-state index in [2.05, 4.69) is 5.32 Å². The van der Waals surface area contributed by atoms with Crippen molar-refractivity contribution in [2.24, 2.45) is 0 Å². The highest BCUT2D eigenvalue weighted by atomic mass is 19.1. The number of hydrogen-bond donors (Lipinski definition) is 1. The fraction of sp³-hybridized carbons (Fsp3) is 0.263. The van der Waals surface area contributed by atoms with Gasteiger partial charge in [-0.3, -0.25) is 14.5 Å². The summed E-state index contributed by atoms with van der Waals surface area (Å²) in [5.41, 5.74) is 2.70. The van der Waals surface area contributed by atoms with Crippen LogP contribution in [0.3, 0.4) is 0 Å². The van der Waals surface area contributed by atoms with Crippen molar-refractivity contribution in [3.63, 3.8) is 0 Å². The van der Waals surface area contributed by atoms with Crippen LogP contribution in [0.15, 0.2) is 48.5 Å². The molecular formula is C19H19FN2O2. The van der Waals surface area contributed by atoms with E-state index in [1.165, 1.54) is 29.2 Å². The molecule has 0 aromatic heterocycles. The predicted octanol–water partition coefficient (Wildman–Crippen LogP) is 2.95. The number of rotatable bonds is 4. The number of amides is 2. The highest BCUT2D eigenvalue weighted by Gasteiger charge is 2.36. The third kappa shape index (κ3) is 3.30.